The maximum absolute atomic E-state index is 13.3. The van der Waals surface area contributed by atoms with Crippen LogP contribution in [0.4, 0.5) is 17.6 Å². The van der Waals surface area contributed by atoms with E-state index in [2.05, 4.69) is 0 Å². The maximum atomic E-state index is 13.3. The van der Waals surface area contributed by atoms with Crippen LogP contribution in [-0.2, 0) is 6.18 Å². The van der Waals surface area contributed by atoms with E-state index in [1.54, 1.807) is 6.07 Å². The summed E-state index contributed by atoms with van der Waals surface area (Å²) in [5.74, 6) is -0.905. The highest BCUT2D eigenvalue weighted by Gasteiger charge is 2.31. The van der Waals surface area contributed by atoms with Gasteiger partial charge in [-0.25, -0.2) is 4.39 Å². The van der Waals surface area contributed by atoms with Gasteiger partial charge in [0.25, 0.3) is 0 Å². The van der Waals surface area contributed by atoms with Crippen LogP contribution in [0.15, 0.2) is 23.8 Å². The fourth-order valence-corrected chi connectivity index (χ4v) is 1.31. The monoisotopic (exact) mass is 263 g/mol. The van der Waals surface area contributed by atoms with Gasteiger partial charge in [-0.3, -0.25) is 0 Å². The minimum absolute atomic E-state index is 0.0510. The van der Waals surface area contributed by atoms with Crippen LogP contribution < -0.4 is 0 Å². The van der Waals surface area contributed by atoms with Crippen molar-refractivity contribution in [2.24, 2.45) is 0 Å². The Kier molecular flexibility index (Phi) is 3.79. The predicted octanol–water partition coefficient (Wildman–Crippen LogP) is 4.34. The van der Waals surface area contributed by atoms with E-state index in [4.69, 9.17) is 16.9 Å². The second-order valence-corrected chi connectivity index (χ2v) is 3.62. The van der Waals surface area contributed by atoms with Crippen molar-refractivity contribution in [1.82, 2.24) is 0 Å². The number of alkyl halides is 3. The molecule has 0 aliphatic rings. The SMILES string of the molecule is CC(C#N)=C(Cl)c1cc(C(F)(F)F)ccc1F. The summed E-state index contributed by atoms with van der Waals surface area (Å²) in [6.07, 6.45) is -4.58. The average Bonchev–Trinajstić information content (AvgIpc) is 2.26. The lowest BCUT2D eigenvalue weighted by molar-refractivity contribution is -0.137. The van der Waals surface area contributed by atoms with Crippen molar-refractivity contribution in [3.63, 3.8) is 0 Å². The van der Waals surface area contributed by atoms with Crippen molar-refractivity contribution in [1.29, 1.82) is 5.26 Å². The second kappa shape index (κ2) is 4.76. The van der Waals surface area contributed by atoms with Gasteiger partial charge in [-0.15, -0.1) is 0 Å². The van der Waals surface area contributed by atoms with Gasteiger partial charge in [0, 0.05) is 11.1 Å². The molecule has 0 aromatic heterocycles. The lowest BCUT2D eigenvalue weighted by atomic mass is 10.1. The molecule has 1 aromatic carbocycles. The van der Waals surface area contributed by atoms with Crippen LogP contribution in [0.1, 0.15) is 18.1 Å². The van der Waals surface area contributed by atoms with Crippen molar-refractivity contribution >= 4 is 16.6 Å². The van der Waals surface area contributed by atoms with E-state index >= 15 is 0 Å². The third kappa shape index (κ3) is 2.98. The Morgan fingerprint density at radius 1 is 1.35 bits per heavy atom. The molecule has 90 valence electrons. The smallest absolute Gasteiger partial charge is 0.206 e. The quantitative estimate of drug-likeness (QED) is 0.546. The van der Waals surface area contributed by atoms with Crippen LogP contribution in [0.25, 0.3) is 5.03 Å². The molecule has 0 saturated heterocycles. The number of hydrogen-bond acceptors (Lipinski definition) is 1. The summed E-state index contributed by atoms with van der Waals surface area (Å²) in [5, 5.41) is 8.23. The number of halogens is 5. The first kappa shape index (κ1) is 13.5. The van der Waals surface area contributed by atoms with E-state index in [1.165, 1.54) is 6.92 Å². The zero-order valence-electron chi connectivity index (χ0n) is 8.57. The summed E-state index contributed by atoms with van der Waals surface area (Å²) in [7, 11) is 0. The Labute approximate surface area is 99.9 Å². The molecule has 1 nitrogen and oxygen atoms in total. The number of rotatable bonds is 1. The maximum Gasteiger partial charge on any atom is 0.416 e. The van der Waals surface area contributed by atoms with Gasteiger partial charge in [0.2, 0.25) is 0 Å². The Hall–Kier alpha value is -1.54. The molecule has 0 N–H and O–H groups in total. The third-order valence-electron chi connectivity index (χ3n) is 2.03. The normalized spacial score (nSPS) is 13.0. The van der Waals surface area contributed by atoms with Gasteiger partial charge in [0.15, 0.2) is 0 Å². The van der Waals surface area contributed by atoms with Gasteiger partial charge < -0.3 is 0 Å². The lowest BCUT2D eigenvalue weighted by Gasteiger charge is -2.09. The van der Waals surface area contributed by atoms with Crippen LogP contribution in [-0.4, -0.2) is 0 Å². The van der Waals surface area contributed by atoms with E-state index < -0.39 is 23.1 Å². The highest BCUT2D eigenvalue weighted by molar-refractivity contribution is 6.49. The first-order chi connectivity index (χ1) is 7.77. The molecule has 6 heteroatoms. The number of nitriles is 1. The Morgan fingerprint density at radius 2 is 1.94 bits per heavy atom. The van der Waals surface area contributed by atoms with Crippen molar-refractivity contribution in [3.8, 4) is 6.07 Å². The molecular weight excluding hydrogens is 258 g/mol. The number of hydrogen-bond donors (Lipinski definition) is 0. The van der Waals surface area contributed by atoms with Crippen LogP contribution in [0.2, 0.25) is 0 Å². The topological polar surface area (TPSA) is 23.8 Å². The van der Waals surface area contributed by atoms with E-state index in [-0.39, 0.29) is 10.6 Å². The zero-order chi connectivity index (χ0) is 13.2. The van der Waals surface area contributed by atoms with Crippen molar-refractivity contribution < 1.29 is 17.6 Å². The van der Waals surface area contributed by atoms with Crippen molar-refractivity contribution in [2.75, 3.05) is 0 Å². The zero-order valence-corrected chi connectivity index (χ0v) is 9.33. The van der Waals surface area contributed by atoms with Gasteiger partial charge in [0.1, 0.15) is 5.82 Å². The first-order valence-corrected chi connectivity index (χ1v) is 4.78. The minimum atomic E-state index is -4.58. The largest absolute Gasteiger partial charge is 0.416 e. The van der Waals surface area contributed by atoms with Crippen molar-refractivity contribution in [2.45, 2.75) is 13.1 Å². The van der Waals surface area contributed by atoms with Crippen LogP contribution in [0.3, 0.4) is 0 Å². The molecule has 0 aliphatic heterocycles. The van der Waals surface area contributed by atoms with Gasteiger partial charge >= 0.3 is 6.18 Å². The summed E-state index contributed by atoms with van der Waals surface area (Å²) in [5.41, 5.74) is -1.50. The summed E-state index contributed by atoms with van der Waals surface area (Å²) in [6.45, 7) is 1.29. The van der Waals surface area contributed by atoms with Crippen LogP contribution >= 0.6 is 11.6 Å². The minimum Gasteiger partial charge on any atom is -0.206 e. The highest BCUT2D eigenvalue weighted by atomic mass is 35.5. The lowest BCUT2D eigenvalue weighted by Crippen LogP contribution is -2.06. The summed E-state index contributed by atoms with van der Waals surface area (Å²) in [4.78, 5) is 0. The Balaban J connectivity index is 3.41. The molecular formula is C11H6ClF4N. The van der Waals surface area contributed by atoms with Gasteiger partial charge in [-0.2, -0.15) is 18.4 Å². The average molecular weight is 264 g/mol. The number of allylic oxidation sites excluding steroid dienone is 1. The molecule has 0 amide bonds. The molecule has 17 heavy (non-hydrogen) atoms. The molecule has 0 spiro atoms. The molecule has 0 bridgehead atoms. The molecule has 1 aromatic rings. The fraction of sp³-hybridized carbons (Fsp3) is 0.182. The molecule has 0 atom stereocenters. The third-order valence-corrected chi connectivity index (χ3v) is 2.51. The first-order valence-electron chi connectivity index (χ1n) is 4.41. The van der Waals surface area contributed by atoms with E-state index in [1.807, 2.05) is 0 Å². The van der Waals surface area contributed by atoms with Crippen LogP contribution in [0, 0.1) is 17.1 Å². The molecule has 0 saturated carbocycles. The number of nitrogens with zero attached hydrogens (tertiary/aromatic N) is 1. The van der Waals surface area contributed by atoms with E-state index in [0.29, 0.717) is 18.2 Å². The van der Waals surface area contributed by atoms with Gasteiger partial charge in [-0.05, 0) is 25.1 Å². The highest BCUT2D eigenvalue weighted by Crippen LogP contribution is 2.33. The summed E-state index contributed by atoms with van der Waals surface area (Å²) >= 11 is 5.63. The summed E-state index contributed by atoms with van der Waals surface area (Å²) in [6, 6.07) is 3.52. The standard InChI is InChI=1S/C11H6ClF4N/c1-6(5-17)10(12)8-4-7(11(14,15)16)2-3-9(8)13/h2-4H,1H3. The Bertz CT molecular complexity index is 511. The van der Waals surface area contributed by atoms with Crippen molar-refractivity contribution in [3.05, 3.63) is 40.7 Å². The van der Waals surface area contributed by atoms with Crippen LogP contribution in [0.5, 0.6) is 0 Å². The molecule has 0 radical (unpaired) electrons. The number of benzene rings is 1. The summed E-state index contributed by atoms with van der Waals surface area (Å²) < 4.78 is 50.5. The van der Waals surface area contributed by atoms with Gasteiger partial charge in [-0.1, -0.05) is 11.6 Å². The fourth-order valence-electron chi connectivity index (χ4n) is 1.12. The molecule has 1 rings (SSSR count). The molecule has 0 heterocycles. The Morgan fingerprint density at radius 3 is 2.41 bits per heavy atom. The van der Waals surface area contributed by atoms with Gasteiger partial charge in [0.05, 0.1) is 16.7 Å². The second-order valence-electron chi connectivity index (χ2n) is 3.24. The molecule has 0 fully saturated rings. The molecule has 0 aliphatic carbocycles. The van der Waals surface area contributed by atoms with E-state index in [0.717, 1.165) is 0 Å². The van der Waals surface area contributed by atoms with E-state index in [9.17, 15) is 17.6 Å². The predicted molar refractivity (Wildman–Crippen MR) is 55.5 cm³/mol. The molecule has 0 unspecified atom stereocenters.